The lowest BCUT2D eigenvalue weighted by atomic mass is 10.1. The van der Waals surface area contributed by atoms with Gasteiger partial charge in [0.2, 0.25) is 5.91 Å². The van der Waals surface area contributed by atoms with Gasteiger partial charge in [-0.1, -0.05) is 23.9 Å². The van der Waals surface area contributed by atoms with Gasteiger partial charge in [-0.3, -0.25) is 24.2 Å². The first-order valence-corrected chi connectivity index (χ1v) is 11.5. The second-order valence-corrected chi connectivity index (χ2v) is 8.57. The standard InChI is InChI=1S/C20H25N5O4S.C2H4O2/c1-12-16(19(28)23-9-8-15(26)29-3)30-20(25(12)2)24-18(27)14-6-4-13(5-7-14)17-21-10-11-22-17;1-2(3)4/h4-7,12,16H,8-11H2,1-3H3,(H,21,22)(H,23,28);1H3,(H,3,4). The molecular weight excluding hydrogens is 462 g/mol. The maximum atomic E-state index is 12.6. The Morgan fingerprint density at radius 1 is 1.29 bits per heavy atom. The molecule has 3 rings (SSSR count). The molecule has 1 aromatic carbocycles. The van der Waals surface area contributed by atoms with Gasteiger partial charge in [0.25, 0.3) is 11.9 Å². The van der Waals surface area contributed by atoms with Gasteiger partial charge in [0.1, 0.15) is 11.1 Å². The summed E-state index contributed by atoms with van der Waals surface area (Å²) >= 11 is 1.24. The monoisotopic (exact) mass is 491 g/mol. The number of benzene rings is 1. The Kier molecular flexibility index (Phi) is 10.0. The van der Waals surface area contributed by atoms with E-state index in [-0.39, 0.29) is 36.8 Å². The molecule has 2 atom stereocenters. The number of carbonyl (C=O) groups excluding carboxylic acids is 3. The van der Waals surface area contributed by atoms with E-state index in [1.807, 2.05) is 24.0 Å². The molecule has 184 valence electrons. The highest BCUT2D eigenvalue weighted by Crippen LogP contribution is 2.31. The van der Waals surface area contributed by atoms with Gasteiger partial charge >= 0.3 is 5.97 Å². The minimum atomic E-state index is -0.833. The highest BCUT2D eigenvalue weighted by atomic mass is 32.2. The predicted octanol–water partition coefficient (Wildman–Crippen LogP) is 0.739. The zero-order valence-corrected chi connectivity index (χ0v) is 20.3. The van der Waals surface area contributed by atoms with Crippen LogP contribution in [0.15, 0.2) is 34.3 Å². The summed E-state index contributed by atoms with van der Waals surface area (Å²) in [5.41, 5.74) is 1.40. The van der Waals surface area contributed by atoms with Crippen molar-refractivity contribution < 1.29 is 29.0 Å². The third-order valence-corrected chi connectivity index (χ3v) is 6.43. The second-order valence-electron chi connectivity index (χ2n) is 7.46. The SMILES string of the molecule is CC(=O)O.COC(=O)CCNC(=O)C1SC(=NC(=O)c2ccc(C3=NCCN3)cc2)N(C)C1C. The Morgan fingerprint density at radius 3 is 2.50 bits per heavy atom. The average molecular weight is 492 g/mol. The molecule has 2 heterocycles. The number of carboxylic acid groups (broad SMARTS) is 1. The Hall–Kier alpha value is -3.41. The summed E-state index contributed by atoms with van der Waals surface area (Å²) in [5, 5.41) is 13.4. The number of rotatable bonds is 6. The Morgan fingerprint density at radius 2 is 1.94 bits per heavy atom. The maximum Gasteiger partial charge on any atom is 0.307 e. The third kappa shape index (κ3) is 7.58. The smallest absolute Gasteiger partial charge is 0.307 e. The number of aliphatic imine (C=N–C) groups is 2. The molecule has 1 fully saturated rings. The number of amides is 2. The van der Waals surface area contributed by atoms with E-state index in [1.165, 1.54) is 18.9 Å². The molecule has 0 aliphatic carbocycles. The van der Waals surface area contributed by atoms with E-state index in [1.54, 1.807) is 19.2 Å². The molecule has 0 bridgehead atoms. The van der Waals surface area contributed by atoms with Gasteiger partial charge in [-0.25, -0.2) is 0 Å². The van der Waals surface area contributed by atoms with Crippen LogP contribution in [-0.4, -0.2) is 89.8 Å². The normalized spacial score (nSPS) is 20.1. The van der Waals surface area contributed by atoms with Crippen molar-refractivity contribution in [3.05, 3.63) is 35.4 Å². The number of carboxylic acids is 1. The van der Waals surface area contributed by atoms with Crippen molar-refractivity contribution in [2.45, 2.75) is 31.6 Å². The summed E-state index contributed by atoms with van der Waals surface area (Å²) in [6.07, 6.45) is 0.112. The zero-order chi connectivity index (χ0) is 25.3. The number of hydrogen-bond donors (Lipinski definition) is 3. The fourth-order valence-electron chi connectivity index (χ4n) is 3.05. The van der Waals surface area contributed by atoms with Crippen LogP contribution in [0.1, 0.15) is 36.2 Å². The quantitative estimate of drug-likeness (QED) is 0.490. The van der Waals surface area contributed by atoms with Crippen molar-refractivity contribution in [2.75, 3.05) is 33.8 Å². The predicted molar refractivity (Wildman–Crippen MR) is 129 cm³/mol. The number of hydrogen-bond acceptors (Lipinski definition) is 8. The van der Waals surface area contributed by atoms with Crippen molar-refractivity contribution in [3.63, 3.8) is 0 Å². The minimum absolute atomic E-state index is 0.112. The van der Waals surface area contributed by atoms with E-state index in [4.69, 9.17) is 9.90 Å². The molecule has 2 aliphatic rings. The number of nitrogens with zero attached hydrogens (tertiary/aromatic N) is 3. The van der Waals surface area contributed by atoms with Gasteiger partial charge in [-0.2, -0.15) is 4.99 Å². The second kappa shape index (κ2) is 12.7. The third-order valence-electron chi connectivity index (χ3n) is 4.97. The average Bonchev–Trinajstić information content (AvgIpc) is 3.43. The van der Waals surface area contributed by atoms with E-state index in [0.29, 0.717) is 10.7 Å². The maximum absolute atomic E-state index is 12.6. The van der Waals surface area contributed by atoms with Gasteiger partial charge < -0.3 is 25.4 Å². The highest BCUT2D eigenvalue weighted by molar-refractivity contribution is 8.15. The highest BCUT2D eigenvalue weighted by Gasteiger charge is 2.39. The number of methoxy groups -OCH3 is 1. The molecule has 12 heteroatoms. The molecule has 1 aromatic rings. The summed E-state index contributed by atoms with van der Waals surface area (Å²) in [6.45, 7) is 4.76. The first-order valence-electron chi connectivity index (χ1n) is 10.6. The zero-order valence-electron chi connectivity index (χ0n) is 19.5. The summed E-state index contributed by atoms with van der Waals surface area (Å²) in [5.74, 6) is -0.943. The Bertz CT molecular complexity index is 975. The fourth-order valence-corrected chi connectivity index (χ4v) is 4.32. The van der Waals surface area contributed by atoms with Crippen molar-refractivity contribution in [2.24, 2.45) is 9.98 Å². The molecule has 0 saturated carbocycles. The number of nitrogens with one attached hydrogen (secondary N) is 2. The van der Waals surface area contributed by atoms with Gasteiger partial charge in [0.05, 0.1) is 20.1 Å². The number of esters is 1. The molecular formula is C22H29N5O6S. The van der Waals surface area contributed by atoms with Crippen LogP contribution in [-0.2, 0) is 19.1 Å². The van der Waals surface area contributed by atoms with Crippen LogP contribution in [0, 0.1) is 0 Å². The van der Waals surface area contributed by atoms with E-state index in [0.717, 1.165) is 31.4 Å². The van der Waals surface area contributed by atoms with Gasteiger partial charge in [0, 0.05) is 44.2 Å². The van der Waals surface area contributed by atoms with Crippen molar-refractivity contribution in [1.29, 1.82) is 0 Å². The number of thioether (sulfide) groups is 1. The number of amidine groups is 2. The van der Waals surface area contributed by atoms with Crippen LogP contribution in [0.2, 0.25) is 0 Å². The van der Waals surface area contributed by atoms with Crippen LogP contribution in [0.5, 0.6) is 0 Å². The van der Waals surface area contributed by atoms with Gasteiger partial charge in [-0.05, 0) is 19.1 Å². The number of ether oxygens (including phenoxy) is 1. The van der Waals surface area contributed by atoms with Crippen LogP contribution in [0.3, 0.4) is 0 Å². The van der Waals surface area contributed by atoms with E-state index < -0.39 is 11.2 Å². The van der Waals surface area contributed by atoms with Crippen LogP contribution < -0.4 is 10.6 Å². The first-order chi connectivity index (χ1) is 16.1. The molecule has 2 aliphatic heterocycles. The van der Waals surface area contributed by atoms with Crippen LogP contribution in [0.4, 0.5) is 0 Å². The lowest BCUT2D eigenvalue weighted by Crippen LogP contribution is -2.41. The molecule has 0 spiro atoms. The Labute approximate surface area is 202 Å². The minimum Gasteiger partial charge on any atom is -0.481 e. The molecule has 0 aromatic heterocycles. The first kappa shape index (κ1) is 26.8. The van der Waals surface area contributed by atoms with E-state index in [9.17, 15) is 14.4 Å². The lowest BCUT2D eigenvalue weighted by molar-refractivity contribution is -0.140. The number of aliphatic carboxylic acids is 1. The molecule has 3 N–H and O–H groups in total. The summed E-state index contributed by atoms with van der Waals surface area (Å²) in [7, 11) is 3.11. The summed E-state index contributed by atoms with van der Waals surface area (Å²) < 4.78 is 4.56. The van der Waals surface area contributed by atoms with Crippen molar-refractivity contribution >= 4 is 46.5 Å². The summed E-state index contributed by atoms with van der Waals surface area (Å²) in [4.78, 5) is 55.7. The molecule has 0 radical (unpaired) electrons. The van der Waals surface area contributed by atoms with E-state index in [2.05, 4.69) is 25.4 Å². The Balaban J connectivity index is 0.000000945. The van der Waals surface area contributed by atoms with Crippen LogP contribution >= 0.6 is 11.8 Å². The molecule has 2 unspecified atom stereocenters. The van der Waals surface area contributed by atoms with Crippen LogP contribution in [0.25, 0.3) is 0 Å². The topological polar surface area (TPSA) is 150 Å². The van der Waals surface area contributed by atoms with Crippen molar-refractivity contribution in [3.8, 4) is 0 Å². The van der Waals surface area contributed by atoms with Gasteiger partial charge in [-0.15, -0.1) is 0 Å². The van der Waals surface area contributed by atoms with E-state index >= 15 is 0 Å². The number of carbonyl (C=O) groups is 4. The largest absolute Gasteiger partial charge is 0.481 e. The molecule has 2 amide bonds. The molecule has 11 nitrogen and oxygen atoms in total. The summed E-state index contributed by atoms with van der Waals surface area (Å²) in [6, 6.07) is 7.00. The fraction of sp³-hybridized carbons (Fsp3) is 0.455. The molecule has 34 heavy (non-hydrogen) atoms. The lowest BCUT2D eigenvalue weighted by Gasteiger charge is -2.19. The van der Waals surface area contributed by atoms with Gasteiger partial charge in [0.15, 0.2) is 5.17 Å². The molecule has 1 saturated heterocycles. The van der Waals surface area contributed by atoms with Crippen molar-refractivity contribution in [1.82, 2.24) is 15.5 Å².